The number of ether oxygens (including phenoxy) is 1. The van der Waals surface area contributed by atoms with Gasteiger partial charge in [-0.05, 0) is 50.5 Å². The summed E-state index contributed by atoms with van der Waals surface area (Å²) in [7, 11) is 0. The standard InChI is InChI=1S/C25H26ClN3O3S/c1-16-17(2)33-25(28-24(31)21-11-5-6-12-22(21)26)29(16)15-18-8-3-4-10-20(18)23(30)27-14-19-9-7-13-32-19/h3-6,8,10-12,19H,7,9,13-15H2,1-2H3,(H,27,30)/t19-/m0/s1. The quantitative estimate of drug-likeness (QED) is 0.560. The van der Waals surface area contributed by atoms with Crippen LogP contribution in [-0.2, 0) is 11.3 Å². The highest BCUT2D eigenvalue weighted by Gasteiger charge is 2.19. The number of nitrogens with zero attached hydrogens (tertiary/aromatic N) is 2. The van der Waals surface area contributed by atoms with Gasteiger partial charge in [-0.15, -0.1) is 11.3 Å². The van der Waals surface area contributed by atoms with Gasteiger partial charge in [-0.3, -0.25) is 9.59 Å². The fourth-order valence-electron chi connectivity index (χ4n) is 3.81. The summed E-state index contributed by atoms with van der Waals surface area (Å²) in [6.45, 7) is 5.67. The number of hydrogen-bond acceptors (Lipinski definition) is 4. The van der Waals surface area contributed by atoms with E-state index < -0.39 is 5.91 Å². The molecule has 1 aromatic heterocycles. The van der Waals surface area contributed by atoms with Crippen molar-refractivity contribution in [2.24, 2.45) is 4.99 Å². The van der Waals surface area contributed by atoms with E-state index in [4.69, 9.17) is 16.3 Å². The Morgan fingerprint density at radius 2 is 1.88 bits per heavy atom. The minimum absolute atomic E-state index is 0.0819. The van der Waals surface area contributed by atoms with Crippen molar-refractivity contribution in [3.05, 3.63) is 85.6 Å². The molecular weight excluding hydrogens is 458 g/mol. The summed E-state index contributed by atoms with van der Waals surface area (Å²) in [4.78, 5) is 31.7. The number of halogens is 1. The van der Waals surface area contributed by atoms with Crippen LogP contribution in [0.2, 0.25) is 5.02 Å². The summed E-state index contributed by atoms with van der Waals surface area (Å²) in [5.41, 5.74) is 2.83. The van der Waals surface area contributed by atoms with E-state index in [1.807, 2.05) is 42.7 Å². The summed E-state index contributed by atoms with van der Waals surface area (Å²) in [5, 5.41) is 3.37. The first-order chi connectivity index (χ1) is 15.9. The molecule has 0 spiro atoms. The Bertz CT molecular complexity index is 1240. The number of aromatic nitrogens is 1. The number of rotatable bonds is 6. The van der Waals surface area contributed by atoms with Crippen molar-refractivity contribution in [1.29, 1.82) is 0 Å². The van der Waals surface area contributed by atoms with Crippen molar-refractivity contribution in [1.82, 2.24) is 9.88 Å². The number of thiazole rings is 1. The molecule has 1 saturated heterocycles. The van der Waals surface area contributed by atoms with Crippen molar-refractivity contribution < 1.29 is 14.3 Å². The predicted octanol–water partition coefficient (Wildman–Crippen LogP) is 4.52. The minimum Gasteiger partial charge on any atom is -0.376 e. The van der Waals surface area contributed by atoms with E-state index in [1.165, 1.54) is 11.3 Å². The van der Waals surface area contributed by atoms with Gasteiger partial charge in [0.15, 0.2) is 4.80 Å². The van der Waals surface area contributed by atoms with Crippen LogP contribution < -0.4 is 10.1 Å². The highest BCUT2D eigenvalue weighted by Crippen LogP contribution is 2.18. The normalized spacial score (nSPS) is 16.2. The van der Waals surface area contributed by atoms with Gasteiger partial charge in [0.25, 0.3) is 11.8 Å². The second-order valence-electron chi connectivity index (χ2n) is 8.01. The van der Waals surface area contributed by atoms with Gasteiger partial charge in [0.2, 0.25) is 0 Å². The van der Waals surface area contributed by atoms with Gasteiger partial charge < -0.3 is 14.6 Å². The van der Waals surface area contributed by atoms with Crippen LogP contribution in [0.25, 0.3) is 0 Å². The van der Waals surface area contributed by atoms with Gasteiger partial charge >= 0.3 is 0 Å². The molecule has 2 heterocycles. The lowest BCUT2D eigenvalue weighted by atomic mass is 10.1. The van der Waals surface area contributed by atoms with Crippen molar-refractivity contribution in [2.75, 3.05) is 13.2 Å². The van der Waals surface area contributed by atoms with Crippen LogP contribution in [0.3, 0.4) is 0 Å². The summed E-state index contributed by atoms with van der Waals surface area (Å²) in [6.07, 6.45) is 2.08. The molecular formula is C25H26ClN3O3S. The molecule has 33 heavy (non-hydrogen) atoms. The van der Waals surface area contributed by atoms with Crippen molar-refractivity contribution in [2.45, 2.75) is 39.3 Å². The molecule has 0 radical (unpaired) electrons. The first-order valence-electron chi connectivity index (χ1n) is 10.9. The maximum absolute atomic E-state index is 12.9. The minimum atomic E-state index is -0.391. The molecule has 172 valence electrons. The van der Waals surface area contributed by atoms with Crippen LogP contribution in [0.4, 0.5) is 0 Å². The van der Waals surface area contributed by atoms with E-state index >= 15 is 0 Å². The Kier molecular flexibility index (Phi) is 7.42. The van der Waals surface area contributed by atoms with E-state index in [2.05, 4.69) is 10.3 Å². The molecule has 0 saturated carbocycles. The van der Waals surface area contributed by atoms with Gasteiger partial charge in [-0.25, -0.2) is 0 Å². The van der Waals surface area contributed by atoms with E-state index in [9.17, 15) is 9.59 Å². The van der Waals surface area contributed by atoms with Gasteiger partial charge in [0.05, 0.1) is 23.2 Å². The zero-order valence-electron chi connectivity index (χ0n) is 18.6. The molecule has 0 bridgehead atoms. The number of carbonyl (C=O) groups excluding carboxylic acids is 2. The van der Waals surface area contributed by atoms with Gasteiger partial charge in [-0.2, -0.15) is 4.99 Å². The van der Waals surface area contributed by atoms with E-state index in [-0.39, 0.29) is 12.0 Å². The van der Waals surface area contributed by atoms with Crippen LogP contribution >= 0.6 is 22.9 Å². The first kappa shape index (κ1) is 23.4. The smallest absolute Gasteiger partial charge is 0.281 e. The first-order valence-corrected chi connectivity index (χ1v) is 12.1. The second-order valence-corrected chi connectivity index (χ2v) is 9.60. The third-order valence-corrected chi connectivity index (χ3v) is 7.22. The average molecular weight is 484 g/mol. The van der Waals surface area contributed by atoms with Gasteiger partial charge in [0.1, 0.15) is 0 Å². The number of amides is 2. The lowest BCUT2D eigenvalue weighted by molar-refractivity contribution is 0.0856. The lowest BCUT2D eigenvalue weighted by Crippen LogP contribution is -2.32. The lowest BCUT2D eigenvalue weighted by Gasteiger charge is -2.14. The van der Waals surface area contributed by atoms with E-state index in [1.54, 1.807) is 24.3 Å². The highest BCUT2D eigenvalue weighted by atomic mass is 35.5. The molecule has 4 rings (SSSR count). The predicted molar refractivity (Wildman–Crippen MR) is 130 cm³/mol. The average Bonchev–Trinajstić information content (AvgIpc) is 3.42. The molecule has 1 aliphatic rings. The fourth-order valence-corrected chi connectivity index (χ4v) is 5.00. The third kappa shape index (κ3) is 5.43. The summed E-state index contributed by atoms with van der Waals surface area (Å²) < 4.78 is 7.58. The highest BCUT2D eigenvalue weighted by molar-refractivity contribution is 7.09. The molecule has 1 N–H and O–H groups in total. The molecule has 1 aliphatic heterocycles. The molecule has 1 fully saturated rings. The Hall–Kier alpha value is -2.74. The number of aryl methyl sites for hydroxylation is 1. The molecule has 0 unspecified atom stereocenters. The Morgan fingerprint density at radius 1 is 1.15 bits per heavy atom. The monoisotopic (exact) mass is 483 g/mol. The maximum atomic E-state index is 12.9. The molecule has 0 aliphatic carbocycles. The zero-order valence-corrected chi connectivity index (χ0v) is 20.2. The third-order valence-electron chi connectivity index (χ3n) is 5.80. The molecule has 1 atom stereocenters. The van der Waals surface area contributed by atoms with Crippen molar-refractivity contribution in [3.8, 4) is 0 Å². The van der Waals surface area contributed by atoms with Crippen LogP contribution in [-0.4, -0.2) is 35.6 Å². The summed E-state index contributed by atoms with van der Waals surface area (Å²) >= 11 is 7.63. The second kappa shape index (κ2) is 10.5. The van der Waals surface area contributed by atoms with Crippen molar-refractivity contribution in [3.63, 3.8) is 0 Å². The van der Waals surface area contributed by atoms with Crippen LogP contribution in [0, 0.1) is 13.8 Å². The number of nitrogens with one attached hydrogen (secondary N) is 1. The summed E-state index contributed by atoms with van der Waals surface area (Å²) in [6, 6.07) is 14.4. The molecule has 3 aromatic rings. The number of carbonyl (C=O) groups is 2. The summed E-state index contributed by atoms with van der Waals surface area (Å²) in [5.74, 6) is -0.518. The van der Waals surface area contributed by atoms with Gasteiger partial charge in [0, 0.05) is 29.3 Å². The Labute approximate surface area is 201 Å². The molecule has 2 amide bonds. The van der Waals surface area contributed by atoms with E-state index in [0.29, 0.717) is 34.0 Å². The largest absolute Gasteiger partial charge is 0.376 e. The Balaban J connectivity index is 1.62. The van der Waals surface area contributed by atoms with Crippen molar-refractivity contribution >= 4 is 34.8 Å². The number of hydrogen-bond donors (Lipinski definition) is 1. The van der Waals surface area contributed by atoms with Gasteiger partial charge in [-0.1, -0.05) is 41.9 Å². The molecule has 8 heteroatoms. The van der Waals surface area contributed by atoms with Crippen LogP contribution in [0.1, 0.15) is 49.7 Å². The zero-order chi connectivity index (χ0) is 23.4. The maximum Gasteiger partial charge on any atom is 0.281 e. The number of benzene rings is 2. The topological polar surface area (TPSA) is 72.7 Å². The molecule has 2 aromatic carbocycles. The Morgan fingerprint density at radius 3 is 2.61 bits per heavy atom. The fraction of sp³-hybridized carbons (Fsp3) is 0.320. The SMILES string of the molecule is Cc1sc(=NC(=O)c2ccccc2Cl)n(Cc2ccccc2C(=O)NC[C@@H]2CCCO2)c1C. The molecule has 6 nitrogen and oxygen atoms in total. The van der Waals surface area contributed by atoms with Crippen LogP contribution in [0.15, 0.2) is 53.5 Å². The van der Waals surface area contributed by atoms with Crippen LogP contribution in [0.5, 0.6) is 0 Å². The van der Waals surface area contributed by atoms with E-state index in [0.717, 1.165) is 35.6 Å².